The Hall–Kier alpha value is -0.560. The second kappa shape index (κ2) is 4.46. The van der Waals surface area contributed by atoms with Crippen molar-refractivity contribution in [3.63, 3.8) is 0 Å². The first-order chi connectivity index (χ1) is 5.76. The van der Waals surface area contributed by atoms with Crippen LogP contribution in [0.15, 0.2) is 29.3 Å². The first kappa shape index (κ1) is 9.53. The first-order valence-electron chi connectivity index (χ1n) is 4.09. The van der Waals surface area contributed by atoms with Crippen LogP contribution in [0.2, 0.25) is 0 Å². The summed E-state index contributed by atoms with van der Waals surface area (Å²) >= 11 is 3.46. The van der Waals surface area contributed by atoms with E-state index in [1.165, 1.54) is 12.0 Å². The molecule has 0 N–H and O–H groups in total. The molecule has 0 aliphatic heterocycles. The van der Waals surface area contributed by atoms with Crippen LogP contribution in [-0.2, 0) is 6.42 Å². The third-order valence-corrected chi connectivity index (χ3v) is 2.16. The molecule has 0 aromatic heterocycles. The van der Waals surface area contributed by atoms with Crippen molar-refractivity contribution >= 4 is 15.9 Å². The average Bonchev–Trinajstić information content (AvgIpc) is 2.04. The lowest BCUT2D eigenvalue weighted by Crippen LogP contribution is -1.85. The number of halogens is 1. The number of rotatable bonds is 3. The Morgan fingerprint density at radius 1 is 1.42 bits per heavy atom. The number of hydrogen-bond acceptors (Lipinski definition) is 0. The summed E-state index contributed by atoms with van der Waals surface area (Å²) in [5.41, 5.74) is 2.41. The van der Waals surface area contributed by atoms with Crippen molar-refractivity contribution < 1.29 is 0 Å². The number of hydrogen-bond donors (Lipinski definition) is 0. The highest BCUT2D eigenvalue weighted by Gasteiger charge is 1.95. The fourth-order valence-electron chi connectivity index (χ4n) is 1.19. The molecule has 0 atom stereocenters. The van der Waals surface area contributed by atoms with Crippen LogP contribution in [0.5, 0.6) is 0 Å². The van der Waals surface area contributed by atoms with E-state index in [1.807, 2.05) is 6.07 Å². The van der Waals surface area contributed by atoms with Crippen LogP contribution in [0.4, 0.5) is 0 Å². The SMILES string of the molecule is C=[C]c1cc(Br)cc(CCC)c1. The minimum absolute atomic E-state index is 1.06. The molecule has 63 valence electrons. The molecule has 12 heavy (non-hydrogen) atoms. The third kappa shape index (κ3) is 2.49. The fourth-order valence-corrected chi connectivity index (χ4v) is 1.73. The molecule has 0 spiro atoms. The van der Waals surface area contributed by atoms with Crippen molar-refractivity contribution in [1.82, 2.24) is 0 Å². The predicted octanol–water partition coefficient (Wildman–Crippen LogP) is 3.74. The van der Waals surface area contributed by atoms with Gasteiger partial charge in [-0.2, -0.15) is 0 Å². The molecular formula is C11H12Br. The second-order valence-corrected chi connectivity index (χ2v) is 3.69. The van der Waals surface area contributed by atoms with Crippen LogP contribution in [-0.4, -0.2) is 0 Å². The molecule has 1 aromatic carbocycles. The molecule has 1 radical (unpaired) electrons. The van der Waals surface area contributed by atoms with Gasteiger partial charge in [-0.25, -0.2) is 0 Å². The predicted molar refractivity (Wildman–Crippen MR) is 56.1 cm³/mol. The molecule has 0 nitrogen and oxygen atoms in total. The average molecular weight is 224 g/mol. The van der Waals surface area contributed by atoms with E-state index in [2.05, 4.69) is 47.6 Å². The Balaban J connectivity index is 2.97. The molecule has 0 saturated carbocycles. The summed E-state index contributed by atoms with van der Waals surface area (Å²) in [6, 6.07) is 6.29. The van der Waals surface area contributed by atoms with Crippen molar-refractivity contribution in [3.05, 3.63) is 46.5 Å². The first-order valence-corrected chi connectivity index (χ1v) is 4.88. The van der Waals surface area contributed by atoms with Crippen LogP contribution >= 0.6 is 15.9 Å². The maximum atomic E-state index is 3.63. The number of benzene rings is 1. The minimum Gasteiger partial charge on any atom is -0.0906 e. The summed E-state index contributed by atoms with van der Waals surface area (Å²) < 4.78 is 1.11. The zero-order valence-electron chi connectivity index (χ0n) is 7.23. The normalized spacial score (nSPS) is 9.83. The van der Waals surface area contributed by atoms with Gasteiger partial charge in [-0.3, -0.25) is 0 Å². The van der Waals surface area contributed by atoms with Gasteiger partial charge in [0.25, 0.3) is 0 Å². The molecule has 0 aliphatic carbocycles. The molecule has 0 fully saturated rings. The molecule has 1 rings (SSSR count). The molecule has 0 aliphatic rings. The van der Waals surface area contributed by atoms with Gasteiger partial charge in [0, 0.05) is 4.47 Å². The van der Waals surface area contributed by atoms with E-state index < -0.39 is 0 Å². The highest BCUT2D eigenvalue weighted by atomic mass is 79.9. The van der Waals surface area contributed by atoms with Crippen molar-refractivity contribution in [2.24, 2.45) is 0 Å². The molecule has 0 amide bonds. The lowest BCUT2D eigenvalue weighted by Gasteiger charge is -2.01. The van der Waals surface area contributed by atoms with E-state index in [0.717, 1.165) is 16.5 Å². The molecule has 0 bridgehead atoms. The summed E-state index contributed by atoms with van der Waals surface area (Å²) in [6.07, 6.45) is 5.18. The van der Waals surface area contributed by atoms with Crippen molar-refractivity contribution in [2.75, 3.05) is 0 Å². The van der Waals surface area contributed by atoms with E-state index in [1.54, 1.807) is 0 Å². The van der Waals surface area contributed by atoms with Crippen molar-refractivity contribution in [1.29, 1.82) is 0 Å². The smallest absolute Gasteiger partial charge is 0.0184 e. The maximum absolute atomic E-state index is 3.63. The van der Waals surface area contributed by atoms with Crippen LogP contribution in [0, 0.1) is 6.08 Å². The largest absolute Gasteiger partial charge is 0.0906 e. The molecule has 0 saturated heterocycles. The Kier molecular flexibility index (Phi) is 3.54. The topological polar surface area (TPSA) is 0 Å². The third-order valence-electron chi connectivity index (χ3n) is 1.70. The van der Waals surface area contributed by atoms with Gasteiger partial charge in [0.2, 0.25) is 0 Å². The van der Waals surface area contributed by atoms with E-state index in [0.29, 0.717) is 0 Å². The van der Waals surface area contributed by atoms with Crippen LogP contribution in [0.25, 0.3) is 0 Å². The summed E-state index contributed by atoms with van der Waals surface area (Å²) in [4.78, 5) is 0. The van der Waals surface area contributed by atoms with E-state index in [-0.39, 0.29) is 0 Å². The Bertz CT molecular complexity index is 276. The van der Waals surface area contributed by atoms with Crippen molar-refractivity contribution in [3.8, 4) is 0 Å². The van der Waals surface area contributed by atoms with Gasteiger partial charge in [0.1, 0.15) is 0 Å². The minimum atomic E-state index is 1.06. The summed E-state index contributed by atoms with van der Waals surface area (Å²) in [5.74, 6) is 0. The van der Waals surface area contributed by atoms with Crippen molar-refractivity contribution in [2.45, 2.75) is 19.8 Å². The second-order valence-electron chi connectivity index (χ2n) is 2.77. The number of aryl methyl sites for hydroxylation is 1. The fraction of sp³-hybridized carbons (Fsp3) is 0.273. The molecule has 1 aromatic rings. The van der Waals surface area contributed by atoms with E-state index in [9.17, 15) is 0 Å². The van der Waals surface area contributed by atoms with Gasteiger partial charge in [0.05, 0.1) is 0 Å². The van der Waals surface area contributed by atoms with Crippen LogP contribution in [0.1, 0.15) is 24.5 Å². The van der Waals surface area contributed by atoms with E-state index in [4.69, 9.17) is 0 Å². The lowest BCUT2D eigenvalue weighted by atomic mass is 10.1. The summed E-state index contributed by atoms with van der Waals surface area (Å²) in [6.45, 7) is 5.81. The van der Waals surface area contributed by atoms with Gasteiger partial charge >= 0.3 is 0 Å². The van der Waals surface area contributed by atoms with Gasteiger partial charge in [-0.15, -0.1) is 0 Å². The zero-order valence-corrected chi connectivity index (χ0v) is 8.82. The molecule has 0 heterocycles. The molecular weight excluding hydrogens is 212 g/mol. The highest BCUT2D eigenvalue weighted by molar-refractivity contribution is 9.10. The van der Waals surface area contributed by atoms with Gasteiger partial charge in [0.15, 0.2) is 0 Å². The zero-order chi connectivity index (χ0) is 8.97. The molecule has 0 unspecified atom stereocenters. The monoisotopic (exact) mass is 223 g/mol. The van der Waals surface area contributed by atoms with Crippen LogP contribution < -0.4 is 0 Å². The quantitative estimate of drug-likeness (QED) is 0.733. The van der Waals surface area contributed by atoms with Crippen LogP contribution in [0.3, 0.4) is 0 Å². The Labute approximate surface area is 82.4 Å². The van der Waals surface area contributed by atoms with Gasteiger partial charge < -0.3 is 0 Å². The Morgan fingerprint density at radius 2 is 2.17 bits per heavy atom. The highest BCUT2D eigenvalue weighted by Crippen LogP contribution is 2.16. The van der Waals surface area contributed by atoms with E-state index >= 15 is 0 Å². The maximum Gasteiger partial charge on any atom is 0.0184 e. The van der Waals surface area contributed by atoms with Gasteiger partial charge in [-0.1, -0.05) is 41.9 Å². The standard InChI is InChI=1S/C11H12Br/c1-3-5-10-6-9(4-2)7-11(12)8-10/h6-8H,2-3,5H2,1H3. The van der Waals surface area contributed by atoms with Gasteiger partial charge in [-0.05, 0) is 35.8 Å². The lowest BCUT2D eigenvalue weighted by molar-refractivity contribution is 0.920. The summed E-state index contributed by atoms with van der Waals surface area (Å²) in [5, 5.41) is 0. The summed E-state index contributed by atoms with van der Waals surface area (Å²) in [7, 11) is 0. The Morgan fingerprint density at radius 3 is 2.75 bits per heavy atom. The molecule has 1 heteroatoms.